The number of para-hydroxylation sites is 1. The molecule has 0 aliphatic rings. The van der Waals surface area contributed by atoms with Crippen LogP contribution in [0.5, 0.6) is 5.75 Å². The van der Waals surface area contributed by atoms with E-state index in [-0.39, 0.29) is 12.0 Å². The molecule has 0 heterocycles. The Hall–Kier alpha value is -1.55. The van der Waals surface area contributed by atoms with Crippen molar-refractivity contribution in [2.75, 3.05) is 20.3 Å². The van der Waals surface area contributed by atoms with Gasteiger partial charge in [0.25, 0.3) is 0 Å². The monoisotopic (exact) mass is 265 g/mol. The maximum Gasteiger partial charge on any atom is 0.307 e. The first-order valence-electron chi connectivity index (χ1n) is 6.68. The van der Waals surface area contributed by atoms with E-state index in [1.165, 1.54) is 5.56 Å². The number of benzene rings is 1. The highest BCUT2D eigenvalue weighted by Crippen LogP contribution is 2.17. The summed E-state index contributed by atoms with van der Waals surface area (Å²) < 4.78 is 10.2. The van der Waals surface area contributed by atoms with E-state index in [2.05, 4.69) is 11.4 Å². The molecule has 1 atom stereocenters. The van der Waals surface area contributed by atoms with Crippen LogP contribution in [0.15, 0.2) is 24.3 Å². The lowest BCUT2D eigenvalue weighted by Crippen LogP contribution is -2.30. The second kappa shape index (κ2) is 8.53. The lowest BCUT2D eigenvalue weighted by Gasteiger charge is -2.14. The SMILES string of the molecule is CCOC(=O)CC(C)NCCc1ccccc1OC. The van der Waals surface area contributed by atoms with E-state index < -0.39 is 0 Å². The zero-order valence-electron chi connectivity index (χ0n) is 11.9. The molecule has 1 unspecified atom stereocenters. The lowest BCUT2D eigenvalue weighted by molar-refractivity contribution is -0.143. The van der Waals surface area contributed by atoms with Gasteiger partial charge in [-0.25, -0.2) is 0 Å². The van der Waals surface area contributed by atoms with E-state index >= 15 is 0 Å². The summed E-state index contributed by atoms with van der Waals surface area (Å²) in [6.45, 7) is 5.05. The normalized spacial score (nSPS) is 11.9. The molecule has 1 aromatic carbocycles. The fourth-order valence-corrected chi connectivity index (χ4v) is 1.90. The number of carbonyl (C=O) groups excluding carboxylic acids is 1. The quantitative estimate of drug-likeness (QED) is 0.732. The number of esters is 1. The van der Waals surface area contributed by atoms with Crippen molar-refractivity contribution in [3.63, 3.8) is 0 Å². The number of ether oxygens (including phenoxy) is 2. The van der Waals surface area contributed by atoms with Crippen LogP contribution in [0.2, 0.25) is 0 Å². The highest BCUT2D eigenvalue weighted by atomic mass is 16.5. The van der Waals surface area contributed by atoms with Gasteiger partial charge in [-0.15, -0.1) is 0 Å². The molecule has 0 saturated heterocycles. The van der Waals surface area contributed by atoms with Gasteiger partial charge in [0.2, 0.25) is 0 Å². The molecular formula is C15H23NO3. The Kier molecular flexibility index (Phi) is 6.97. The third kappa shape index (κ3) is 5.75. The molecule has 0 bridgehead atoms. The highest BCUT2D eigenvalue weighted by molar-refractivity contribution is 5.69. The second-order valence-corrected chi connectivity index (χ2v) is 4.43. The molecule has 0 radical (unpaired) electrons. The zero-order valence-corrected chi connectivity index (χ0v) is 11.9. The first kappa shape index (κ1) is 15.5. The van der Waals surface area contributed by atoms with Crippen molar-refractivity contribution >= 4 is 5.97 Å². The number of nitrogens with one attached hydrogen (secondary N) is 1. The predicted octanol–water partition coefficient (Wildman–Crippen LogP) is 2.17. The van der Waals surface area contributed by atoms with Crippen molar-refractivity contribution in [1.29, 1.82) is 0 Å². The van der Waals surface area contributed by atoms with Gasteiger partial charge in [0.15, 0.2) is 0 Å². The van der Waals surface area contributed by atoms with Crippen LogP contribution in [0.1, 0.15) is 25.8 Å². The molecular weight excluding hydrogens is 242 g/mol. The molecule has 0 aromatic heterocycles. The maximum absolute atomic E-state index is 11.3. The van der Waals surface area contributed by atoms with E-state index in [9.17, 15) is 4.79 Å². The number of hydrogen-bond donors (Lipinski definition) is 1. The van der Waals surface area contributed by atoms with E-state index in [1.807, 2.05) is 32.0 Å². The molecule has 1 N–H and O–H groups in total. The van der Waals surface area contributed by atoms with Crippen molar-refractivity contribution < 1.29 is 14.3 Å². The molecule has 0 spiro atoms. The van der Waals surface area contributed by atoms with E-state index in [1.54, 1.807) is 7.11 Å². The van der Waals surface area contributed by atoms with Crippen LogP contribution < -0.4 is 10.1 Å². The first-order chi connectivity index (χ1) is 9.17. The van der Waals surface area contributed by atoms with Crippen LogP contribution in [0.25, 0.3) is 0 Å². The molecule has 106 valence electrons. The summed E-state index contributed by atoms with van der Waals surface area (Å²) in [6, 6.07) is 8.08. The van der Waals surface area contributed by atoms with Crippen molar-refractivity contribution in [2.45, 2.75) is 32.7 Å². The Morgan fingerprint density at radius 2 is 2.11 bits per heavy atom. The minimum Gasteiger partial charge on any atom is -0.496 e. The molecule has 0 aliphatic carbocycles. The Morgan fingerprint density at radius 3 is 2.79 bits per heavy atom. The molecule has 0 fully saturated rings. The van der Waals surface area contributed by atoms with Gasteiger partial charge >= 0.3 is 5.97 Å². The van der Waals surface area contributed by atoms with E-state index in [0.29, 0.717) is 13.0 Å². The van der Waals surface area contributed by atoms with E-state index in [0.717, 1.165) is 18.7 Å². The number of methoxy groups -OCH3 is 1. The Labute approximate surface area is 115 Å². The largest absolute Gasteiger partial charge is 0.496 e. The number of rotatable bonds is 8. The average Bonchev–Trinajstić information content (AvgIpc) is 2.39. The van der Waals surface area contributed by atoms with Gasteiger partial charge in [-0.2, -0.15) is 0 Å². The Morgan fingerprint density at radius 1 is 1.37 bits per heavy atom. The minimum absolute atomic E-state index is 0.119. The summed E-state index contributed by atoms with van der Waals surface area (Å²) >= 11 is 0. The van der Waals surface area contributed by atoms with Crippen LogP contribution in [-0.4, -0.2) is 32.3 Å². The van der Waals surface area contributed by atoms with Crippen LogP contribution >= 0.6 is 0 Å². The van der Waals surface area contributed by atoms with Crippen LogP contribution in [-0.2, 0) is 16.0 Å². The van der Waals surface area contributed by atoms with Crippen LogP contribution in [0.3, 0.4) is 0 Å². The molecule has 0 aliphatic heterocycles. The lowest BCUT2D eigenvalue weighted by atomic mass is 10.1. The van der Waals surface area contributed by atoms with Crippen LogP contribution in [0.4, 0.5) is 0 Å². The summed E-state index contributed by atoms with van der Waals surface area (Å²) in [4.78, 5) is 11.3. The third-order valence-electron chi connectivity index (χ3n) is 2.86. The van der Waals surface area contributed by atoms with Gasteiger partial charge in [-0.1, -0.05) is 18.2 Å². The smallest absolute Gasteiger partial charge is 0.307 e. The summed E-state index contributed by atoms with van der Waals surface area (Å²) in [6.07, 6.45) is 1.27. The van der Waals surface area contributed by atoms with Crippen molar-refractivity contribution in [2.24, 2.45) is 0 Å². The van der Waals surface area contributed by atoms with Gasteiger partial charge < -0.3 is 14.8 Å². The van der Waals surface area contributed by atoms with Crippen molar-refractivity contribution in [3.8, 4) is 5.75 Å². The summed E-state index contributed by atoms with van der Waals surface area (Å²) in [5, 5.41) is 3.32. The zero-order chi connectivity index (χ0) is 14.1. The Balaban J connectivity index is 2.31. The average molecular weight is 265 g/mol. The summed E-state index contributed by atoms with van der Waals surface area (Å²) in [7, 11) is 1.68. The second-order valence-electron chi connectivity index (χ2n) is 4.43. The fraction of sp³-hybridized carbons (Fsp3) is 0.533. The molecule has 19 heavy (non-hydrogen) atoms. The molecule has 1 aromatic rings. The maximum atomic E-state index is 11.3. The molecule has 0 amide bonds. The molecule has 4 nitrogen and oxygen atoms in total. The topological polar surface area (TPSA) is 47.6 Å². The standard InChI is InChI=1S/C15H23NO3/c1-4-19-15(17)11-12(2)16-10-9-13-7-5-6-8-14(13)18-3/h5-8,12,16H,4,9-11H2,1-3H3. The summed E-state index contributed by atoms with van der Waals surface area (Å²) in [5.74, 6) is 0.752. The molecule has 0 saturated carbocycles. The first-order valence-corrected chi connectivity index (χ1v) is 6.68. The molecule has 4 heteroatoms. The number of hydrogen-bond acceptors (Lipinski definition) is 4. The van der Waals surface area contributed by atoms with Crippen molar-refractivity contribution in [3.05, 3.63) is 29.8 Å². The van der Waals surface area contributed by atoms with Gasteiger partial charge in [0.05, 0.1) is 20.1 Å². The van der Waals surface area contributed by atoms with Crippen LogP contribution in [0, 0.1) is 0 Å². The Bertz CT molecular complexity index is 393. The van der Waals surface area contributed by atoms with Gasteiger partial charge in [-0.05, 0) is 38.4 Å². The molecule has 1 rings (SSSR count). The van der Waals surface area contributed by atoms with E-state index in [4.69, 9.17) is 9.47 Å². The minimum atomic E-state index is -0.153. The van der Waals surface area contributed by atoms with Gasteiger partial charge in [0.1, 0.15) is 5.75 Å². The third-order valence-corrected chi connectivity index (χ3v) is 2.86. The van der Waals surface area contributed by atoms with Gasteiger partial charge in [-0.3, -0.25) is 4.79 Å². The summed E-state index contributed by atoms with van der Waals surface area (Å²) in [5.41, 5.74) is 1.17. The van der Waals surface area contributed by atoms with Gasteiger partial charge in [0, 0.05) is 6.04 Å². The highest BCUT2D eigenvalue weighted by Gasteiger charge is 2.09. The predicted molar refractivity (Wildman–Crippen MR) is 75.4 cm³/mol. The van der Waals surface area contributed by atoms with Crippen molar-refractivity contribution in [1.82, 2.24) is 5.32 Å². The number of carbonyl (C=O) groups is 1. The fourth-order valence-electron chi connectivity index (χ4n) is 1.90.